The molecule has 1 aliphatic rings. The molecule has 0 unspecified atom stereocenters. The van der Waals surface area contributed by atoms with Crippen molar-refractivity contribution in [3.05, 3.63) is 57.5 Å². The van der Waals surface area contributed by atoms with Crippen molar-refractivity contribution in [3.63, 3.8) is 0 Å². The molecule has 0 bridgehead atoms. The summed E-state index contributed by atoms with van der Waals surface area (Å²) >= 11 is 1.30. The topological polar surface area (TPSA) is 71.4 Å². The van der Waals surface area contributed by atoms with Gasteiger partial charge in [-0.1, -0.05) is 24.6 Å². The molecule has 1 aliphatic heterocycles. The van der Waals surface area contributed by atoms with E-state index in [0.29, 0.717) is 24.1 Å². The number of carboxylic acid groups (broad SMARTS) is 1. The Balaban J connectivity index is 1.92. The van der Waals surface area contributed by atoms with Gasteiger partial charge in [0, 0.05) is 9.75 Å². The lowest BCUT2D eigenvalue weighted by Gasteiger charge is -2.34. The standard InChI is InChI=1S/C19H19FO4S2/c20-15-6-3-14(4-7-15)5-8-16-9-10-17(25-16)19(13-18(21)22)11-1-2-12-26(19,23)24/h3-10H,1-2,11-13H2,(H,21,22)/t19-/m0/s1. The fourth-order valence-electron chi connectivity index (χ4n) is 3.30. The van der Waals surface area contributed by atoms with Gasteiger partial charge in [-0.05, 0) is 48.7 Å². The van der Waals surface area contributed by atoms with Gasteiger partial charge in [-0.25, -0.2) is 12.8 Å². The number of benzene rings is 1. The first-order valence-electron chi connectivity index (χ1n) is 8.30. The van der Waals surface area contributed by atoms with Gasteiger partial charge in [-0.3, -0.25) is 4.79 Å². The molecule has 1 atom stereocenters. The van der Waals surface area contributed by atoms with Crippen LogP contribution in [0.1, 0.15) is 41.0 Å². The highest BCUT2D eigenvalue weighted by atomic mass is 32.2. The molecule has 26 heavy (non-hydrogen) atoms. The fourth-order valence-corrected chi connectivity index (χ4v) is 6.98. The fraction of sp³-hybridized carbons (Fsp3) is 0.316. The smallest absolute Gasteiger partial charge is 0.305 e. The molecular weight excluding hydrogens is 375 g/mol. The molecule has 0 amide bonds. The summed E-state index contributed by atoms with van der Waals surface area (Å²) in [7, 11) is -3.53. The molecule has 7 heteroatoms. The highest BCUT2D eigenvalue weighted by molar-refractivity contribution is 7.92. The van der Waals surface area contributed by atoms with E-state index in [1.807, 2.05) is 12.2 Å². The Hall–Kier alpha value is -1.99. The summed E-state index contributed by atoms with van der Waals surface area (Å²) in [5.41, 5.74) is 0.826. The summed E-state index contributed by atoms with van der Waals surface area (Å²) < 4.78 is 37.1. The van der Waals surface area contributed by atoms with Crippen LogP contribution in [0, 0.1) is 5.82 Å². The molecule has 1 aromatic heterocycles. The van der Waals surface area contributed by atoms with Crippen LogP contribution in [0.4, 0.5) is 4.39 Å². The van der Waals surface area contributed by atoms with E-state index in [2.05, 4.69) is 0 Å². The Morgan fingerprint density at radius 2 is 1.88 bits per heavy atom. The molecule has 2 aromatic rings. The van der Waals surface area contributed by atoms with E-state index in [0.717, 1.165) is 10.4 Å². The molecule has 1 fully saturated rings. The quantitative estimate of drug-likeness (QED) is 0.819. The molecule has 3 rings (SSSR count). The third kappa shape index (κ3) is 3.73. The molecule has 0 radical (unpaired) electrons. The Morgan fingerprint density at radius 3 is 2.54 bits per heavy atom. The van der Waals surface area contributed by atoms with Crippen molar-refractivity contribution in [1.29, 1.82) is 0 Å². The van der Waals surface area contributed by atoms with Crippen LogP contribution < -0.4 is 0 Å². The third-order valence-electron chi connectivity index (χ3n) is 4.66. The Morgan fingerprint density at radius 1 is 1.15 bits per heavy atom. The summed E-state index contributed by atoms with van der Waals surface area (Å²) in [5.74, 6) is -1.38. The minimum absolute atomic E-state index is 0.0267. The van der Waals surface area contributed by atoms with Gasteiger partial charge in [-0.15, -0.1) is 11.3 Å². The van der Waals surface area contributed by atoms with Crippen LogP contribution in [0.2, 0.25) is 0 Å². The number of thiophene rings is 1. The summed E-state index contributed by atoms with van der Waals surface area (Å²) in [6, 6.07) is 9.57. The SMILES string of the molecule is O=C(O)C[C@]1(c2ccc(C=Cc3ccc(F)cc3)s2)CCCCS1(=O)=O. The predicted molar refractivity (Wildman–Crippen MR) is 101 cm³/mol. The molecule has 4 nitrogen and oxygen atoms in total. The number of sulfone groups is 1. The van der Waals surface area contributed by atoms with Gasteiger partial charge in [-0.2, -0.15) is 0 Å². The van der Waals surface area contributed by atoms with Crippen LogP contribution in [-0.4, -0.2) is 25.2 Å². The van der Waals surface area contributed by atoms with Crippen molar-refractivity contribution in [1.82, 2.24) is 0 Å². The second-order valence-corrected chi connectivity index (χ2v) is 9.96. The molecular formula is C19H19FO4S2. The van der Waals surface area contributed by atoms with Crippen molar-refractivity contribution >= 4 is 39.3 Å². The van der Waals surface area contributed by atoms with Crippen molar-refractivity contribution in [2.45, 2.75) is 30.4 Å². The largest absolute Gasteiger partial charge is 0.481 e. The molecule has 0 spiro atoms. The van der Waals surface area contributed by atoms with E-state index < -0.39 is 27.0 Å². The highest BCUT2D eigenvalue weighted by Gasteiger charge is 2.49. The van der Waals surface area contributed by atoms with E-state index >= 15 is 0 Å². The van der Waals surface area contributed by atoms with E-state index in [1.165, 1.54) is 23.5 Å². The zero-order valence-corrected chi connectivity index (χ0v) is 15.7. The summed E-state index contributed by atoms with van der Waals surface area (Å²) in [6.45, 7) is 0. The van der Waals surface area contributed by atoms with Crippen LogP contribution in [0.3, 0.4) is 0 Å². The van der Waals surface area contributed by atoms with Gasteiger partial charge < -0.3 is 5.11 Å². The first-order valence-corrected chi connectivity index (χ1v) is 10.8. The predicted octanol–water partition coefficient (Wildman–Crippen LogP) is 4.33. The van der Waals surface area contributed by atoms with Crippen molar-refractivity contribution in [2.75, 3.05) is 5.75 Å². The van der Waals surface area contributed by atoms with Gasteiger partial charge in [0.15, 0.2) is 9.84 Å². The number of hydrogen-bond donors (Lipinski definition) is 1. The van der Waals surface area contributed by atoms with Crippen molar-refractivity contribution < 1.29 is 22.7 Å². The van der Waals surface area contributed by atoms with Crippen molar-refractivity contribution in [2.24, 2.45) is 0 Å². The van der Waals surface area contributed by atoms with Crippen LogP contribution in [-0.2, 0) is 19.4 Å². The second kappa shape index (κ2) is 7.32. The Bertz CT molecular complexity index is 929. The average Bonchev–Trinajstić information content (AvgIpc) is 3.05. The van der Waals surface area contributed by atoms with Crippen molar-refractivity contribution in [3.8, 4) is 0 Å². The lowest BCUT2D eigenvalue weighted by atomic mass is 9.95. The maximum absolute atomic E-state index is 13.0. The molecule has 138 valence electrons. The van der Waals surface area contributed by atoms with Crippen LogP contribution in [0.5, 0.6) is 0 Å². The van der Waals surface area contributed by atoms with Crippen LogP contribution in [0.25, 0.3) is 12.2 Å². The maximum atomic E-state index is 13.0. The van der Waals surface area contributed by atoms with Crippen LogP contribution in [0.15, 0.2) is 36.4 Å². The van der Waals surface area contributed by atoms with Gasteiger partial charge in [0.1, 0.15) is 10.6 Å². The zero-order valence-electron chi connectivity index (χ0n) is 14.0. The number of aliphatic carboxylic acids is 1. The summed E-state index contributed by atoms with van der Waals surface area (Å²) in [6.07, 6.45) is 4.84. The lowest BCUT2D eigenvalue weighted by molar-refractivity contribution is -0.137. The average molecular weight is 394 g/mol. The van der Waals surface area contributed by atoms with Gasteiger partial charge >= 0.3 is 5.97 Å². The molecule has 1 N–H and O–H groups in total. The molecule has 1 saturated heterocycles. The molecule has 2 heterocycles. The number of hydrogen-bond acceptors (Lipinski definition) is 4. The number of halogens is 1. The van der Waals surface area contributed by atoms with Gasteiger partial charge in [0.2, 0.25) is 0 Å². The van der Waals surface area contributed by atoms with E-state index in [1.54, 1.807) is 24.3 Å². The number of carbonyl (C=O) groups is 1. The Labute approximate surface area is 155 Å². The second-order valence-electron chi connectivity index (χ2n) is 6.43. The number of carboxylic acids is 1. The van der Waals surface area contributed by atoms with Crippen LogP contribution >= 0.6 is 11.3 Å². The molecule has 0 aliphatic carbocycles. The minimum atomic E-state index is -3.53. The third-order valence-corrected chi connectivity index (χ3v) is 8.63. The summed E-state index contributed by atoms with van der Waals surface area (Å²) in [5, 5.41) is 9.30. The zero-order chi connectivity index (χ0) is 18.8. The molecule has 1 aromatic carbocycles. The monoisotopic (exact) mass is 394 g/mol. The number of rotatable bonds is 5. The van der Waals surface area contributed by atoms with Gasteiger partial charge in [0.25, 0.3) is 0 Å². The lowest BCUT2D eigenvalue weighted by Crippen LogP contribution is -2.41. The Kier molecular flexibility index (Phi) is 5.29. The maximum Gasteiger partial charge on any atom is 0.305 e. The van der Waals surface area contributed by atoms with E-state index in [4.69, 9.17) is 0 Å². The first-order chi connectivity index (χ1) is 12.3. The van der Waals surface area contributed by atoms with E-state index in [9.17, 15) is 22.7 Å². The highest BCUT2D eigenvalue weighted by Crippen LogP contribution is 2.46. The summed E-state index contributed by atoms with van der Waals surface area (Å²) in [4.78, 5) is 12.8. The van der Waals surface area contributed by atoms with E-state index in [-0.39, 0.29) is 11.6 Å². The normalized spacial score (nSPS) is 22.5. The molecule has 0 saturated carbocycles. The van der Waals surface area contributed by atoms with Gasteiger partial charge in [0.05, 0.1) is 12.2 Å². The minimum Gasteiger partial charge on any atom is -0.481 e. The first kappa shape index (κ1) is 18.8.